The molecule has 3 heterocycles. The Morgan fingerprint density at radius 1 is 1.02 bits per heavy atom. The lowest BCUT2D eigenvalue weighted by Gasteiger charge is -2.54. The van der Waals surface area contributed by atoms with Crippen LogP contribution in [0.2, 0.25) is 0 Å². The molecule has 1 aliphatic carbocycles. The molecule has 2 aromatic rings. The maximum atomic E-state index is 13.2. The van der Waals surface area contributed by atoms with Gasteiger partial charge in [-0.05, 0) is 73.4 Å². The van der Waals surface area contributed by atoms with Crippen molar-refractivity contribution in [1.29, 1.82) is 0 Å². The summed E-state index contributed by atoms with van der Waals surface area (Å²) >= 11 is 0. The average molecular weight is 546 g/mol. The number of piperidine rings is 2. The van der Waals surface area contributed by atoms with Crippen LogP contribution < -0.4 is 10.1 Å². The third-order valence-electron chi connectivity index (χ3n) is 9.70. The van der Waals surface area contributed by atoms with E-state index in [0.717, 1.165) is 62.2 Å². The third-order valence-corrected chi connectivity index (χ3v) is 9.70. The summed E-state index contributed by atoms with van der Waals surface area (Å²) in [4.78, 5) is 41.3. The largest absolute Gasteiger partial charge is 0.490 e. The molecule has 0 bridgehead atoms. The summed E-state index contributed by atoms with van der Waals surface area (Å²) < 4.78 is 5.90. The van der Waals surface area contributed by atoms with Crippen LogP contribution in [0.5, 0.6) is 5.75 Å². The van der Waals surface area contributed by atoms with Gasteiger partial charge in [-0.25, -0.2) is 0 Å². The van der Waals surface area contributed by atoms with E-state index in [1.54, 1.807) is 4.90 Å². The number of ether oxygens (including phenoxy) is 1. The van der Waals surface area contributed by atoms with Gasteiger partial charge >= 0.3 is 0 Å². The standard InChI is InChI=1S/C32H39N3O5/c1-3-31(4-2)20-34(18-21-5-8-24(9-6-21)40-25-10-11-25)16-15-32(31,39)23-7-12-26-22(17-23)19-35(30(26)38)27-13-14-28(36)33-29(27)37/h5-9,12,17,25,27,39H,3-4,10-11,13-16,18-20H2,1-2H3,(H,33,36,37). The second-order valence-corrected chi connectivity index (χ2v) is 12.0. The zero-order valence-corrected chi connectivity index (χ0v) is 23.4. The zero-order valence-electron chi connectivity index (χ0n) is 23.4. The Hall–Kier alpha value is -3.23. The highest BCUT2D eigenvalue weighted by atomic mass is 16.5. The molecule has 6 rings (SSSR count). The van der Waals surface area contributed by atoms with Crippen molar-refractivity contribution in [3.05, 3.63) is 64.7 Å². The monoisotopic (exact) mass is 545 g/mol. The summed E-state index contributed by atoms with van der Waals surface area (Å²) in [7, 11) is 0. The Balaban J connectivity index is 1.20. The van der Waals surface area contributed by atoms with E-state index in [-0.39, 0.29) is 23.7 Å². The van der Waals surface area contributed by atoms with Gasteiger partial charge in [0.05, 0.1) is 11.7 Å². The maximum Gasteiger partial charge on any atom is 0.255 e. The van der Waals surface area contributed by atoms with Gasteiger partial charge in [0.25, 0.3) is 5.91 Å². The molecule has 2 saturated heterocycles. The molecule has 0 radical (unpaired) electrons. The molecule has 2 atom stereocenters. The van der Waals surface area contributed by atoms with Gasteiger partial charge in [-0.15, -0.1) is 0 Å². The first-order valence-electron chi connectivity index (χ1n) is 14.7. The van der Waals surface area contributed by atoms with Gasteiger partial charge in [-0.3, -0.25) is 24.6 Å². The smallest absolute Gasteiger partial charge is 0.255 e. The third kappa shape index (κ3) is 4.71. The second-order valence-electron chi connectivity index (χ2n) is 12.0. The highest BCUT2D eigenvalue weighted by Gasteiger charge is 2.53. The van der Waals surface area contributed by atoms with Crippen LogP contribution in [0.25, 0.3) is 0 Å². The fourth-order valence-electron chi connectivity index (χ4n) is 7.01. The van der Waals surface area contributed by atoms with Crippen molar-refractivity contribution >= 4 is 17.7 Å². The van der Waals surface area contributed by atoms with Crippen LogP contribution in [0, 0.1) is 5.41 Å². The number of carbonyl (C=O) groups excluding carboxylic acids is 3. The number of amides is 3. The first kappa shape index (κ1) is 27.0. The number of carbonyl (C=O) groups is 3. The number of rotatable bonds is 8. The summed E-state index contributed by atoms with van der Waals surface area (Å²) in [6, 6.07) is 13.5. The van der Waals surface area contributed by atoms with Crippen LogP contribution in [-0.2, 0) is 28.3 Å². The molecular weight excluding hydrogens is 506 g/mol. The Kier molecular flexibility index (Phi) is 6.95. The van der Waals surface area contributed by atoms with E-state index < -0.39 is 17.6 Å². The van der Waals surface area contributed by atoms with E-state index in [4.69, 9.17) is 4.74 Å². The average Bonchev–Trinajstić information content (AvgIpc) is 3.72. The van der Waals surface area contributed by atoms with Gasteiger partial charge in [0.15, 0.2) is 0 Å². The first-order chi connectivity index (χ1) is 19.2. The number of likely N-dealkylation sites (tertiary alicyclic amines) is 1. The molecule has 3 fully saturated rings. The van der Waals surface area contributed by atoms with E-state index in [0.29, 0.717) is 31.1 Å². The molecule has 3 aliphatic heterocycles. The molecule has 2 unspecified atom stereocenters. The highest BCUT2D eigenvalue weighted by molar-refractivity contribution is 6.05. The predicted molar refractivity (Wildman–Crippen MR) is 149 cm³/mol. The van der Waals surface area contributed by atoms with E-state index in [1.807, 2.05) is 18.2 Å². The minimum absolute atomic E-state index is 0.191. The van der Waals surface area contributed by atoms with Crippen molar-refractivity contribution in [2.24, 2.45) is 5.41 Å². The molecule has 40 heavy (non-hydrogen) atoms. The highest BCUT2D eigenvalue weighted by Crippen LogP contribution is 2.51. The van der Waals surface area contributed by atoms with Crippen molar-refractivity contribution < 1.29 is 24.2 Å². The number of fused-ring (bicyclic) bond motifs is 1. The molecule has 3 amide bonds. The van der Waals surface area contributed by atoms with Crippen molar-refractivity contribution in [1.82, 2.24) is 15.1 Å². The topological polar surface area (TPSA) is 99.2 Å². The zero-order chi connectivity index (χ0) is 28.1. The van der Waals surface area contributed by atoms with Gasteiger partial charge in [0.2, 0.25) is 11.8 Å². The quantitative estimate of drug-likeness (QED) is 0.489. The maximum absolute atomic E-state index is 13.2. The lowest BCUT2D eigenvalue weighted by atomic mass is 9.61. The van der Waals surface area contributed by atoms with Crippen molar-refractivity contribution in [3.63, 3.8) is 0 Å². The van der Waals surface area contributed by atoms with Crippen LogP contribution >= 0.6 is 0 Å². The molecular formula is C32H39N3O5. The molecule has 8 nitrogen and oxygen atoms in total. The lowest BCUT2D eigenvalue weighted by molar-refractivity contribution is -0.148. The summed E-state index contributed by atoms with van der Waals surface area (Å²) in [6.07, 6.45) is 5.49. The Bertz CT molecular complexity index is 1320. The van der Waals surface area contributed by atoms with Crippen LogP contribution in [0.3, 0.4) is 0 Å². The molecule has 8 heteroatoms. The van der Waals surface area contributed by atoms with Gasteiger partial charge in [0.1, 0.15) is 11.8 Å². The lowest BCUT2D eigenvalue weighted by Crippen LogP contribution is -2.57. The van der Waals surface area contributed by atoms with Crippen LogP contribution in [0.1, 0.15) is 85.8 Å². The molecule has 212 valence electrons. The molecule has 2 N–H and O–H groups in total. The van der Waals surface area contributed by atoms with Gasteiger partial charge < -0.3 is 14.7 Å². The normalized spacial score (nSPS) is 26.5. The van der Waals surface area contributed by atoms with Crippen LogP contribution in [0.4, 0.5) is 0 Å². The predicted octanol–water partition coefficient (Wildman–Crippen LogP) is 3.89. The number of aliphatic hydroxyl groups is 1. The van der Waals surface area contributed by atoms with Crippen LogP contribution in [0.15, 0.2) is 42.5 Å². The van der Waals surface area contributed by atoms with E-state index in [2.05, 4.69) is 48.3 Å². The summed E-state index contributed by atoms with van der Waals surface area (Å²) in [5.41, 5.74) is 2.10. The Morgan fingerprint density at radius 3 is 2.45 bits per heavy atom. The SMILES string of the molecule is CCC1(CC)CN(Cc2ccc(OC3CC3)cc2)CCC1(O)c1ccc2c(c1)CN(C1CCC(=O)NC1=O)C2=O. The molecule has 0 aromatic heterocycles. The number of nitrogens with one attached hydrogen (secondary N) is 1. The number of hydrogen-bond acceptors (Lipinski definition) is 6. The number of imide groups is 1. The fraction of sp³-hybridized carbons (Fsp3) is 0.531. The minimum atomic E-state index is -1.03. The number of benzene rings is 2. The van der Waals surface area contributed by atoms with Gasteiger partial charge in [0, 0.05) is 43.6 Å². The van der Waals surface area contributed by atoms with Crippen LogP contribution in [-0.4, -0.2) is 57.9 Å². The van der Waals surface area contributed by atoms with Crippen molar-refractivity contribution in [2.75, 3.05) is 13.1 Å². The summed E-state index contributed by atoms with van der Waals surface area (Å²) in [6.45, 7) is 6.97. The minimum Gasteiger partial charge on any atom is -0.490 e. The fourth-order valence-corrected chi connectivity index (χ4v) is 7.01. The Morgan fingerprint density at radius 2 is 1.77 bits per heavy atom. The first-order valence-corrected chi connectivity index (χ1v) is 14.7. The van der Waals surface area contributed by atoms with E-state index in [1.165, 1.54) is 5.56 Å². The Labute approximate surface area is 235 Å². The van der Waals surface area contributed by atoms with Crippen molar-refractivity contribution in [2.45, 2.75) is 89.6 Å². The van der Waals surface area contributed by atoms with Crippen molar-refractivity contribution in [3.8, 4) is 5.75 Å². The number of nitrogens with zero attached hydrogens (tertiary/aromatic N) is 2. The molecule has 0 spiro atoms. The summed E-state index contributed by atoms with van der Waals surface area (Å²) in [5, 5.41) is 14.8. The molecule has 2 aromatic carbocycles. The van der Waals surface area contributed by atoms with E-state index in [9.17, 15) is 19.5 Å². The summed E-state index contributed by atoms with van der Waals surface area (Å²) in [5.74, 6) is 0.0340. The van der Waals surface area contributed by atoms with Gasteiger partial charge in [-0.1, -0.05) is 38.1 Å². The molecule has 4 aliphatic rings. The number of hydrogen-bond donors (Lipinski definition) is 2. The van der Waals surface area contributed by atoms with Gasteiger partial charge in [-0.2, -0.15) is 0 Å². The molecule has 1 saturated carbocycles. The van der Waals surface area contributed by atoms with E-state index >= 15 is 0 Å². The second kappa shape index (κ2) is 10.3.